The van der Waals surface area contributed by atoms with E-state index in [4.69, 9.17) is 9.47 Å². The van der Waals surface area contributed by atoms with E-state index >= 15 is 0 Å². The number of benzene rings is 3. The van der Waals surface area contributed by atoms with Gasteiger partial charge in [-0.1, -0.05) is 43.3 Å². The van der Waals surface area contributed by atoms with Crippen LogP contribution in [0.1, 0.15) is 80.4 Å². The van der Waals surface area contributed by atoms with E-state index in [0.29, 0.717) is 29.1 Å². The van der Waals surface area contributed by atoms with Gasteiger partial charge in [-0.2, -0.15) is 0 Å². The van der Waals surface area contributed by atoms with E-state index in [1.807, 2.05) is 24.3 Å². The molecular weight excluding hydrogens is 514 g/mol. The molecule has 0 radical (unpaired) electrons. The summed E-state index contributed by atoms with van der Waals surface area (Å²) in [6, 6.07) is 22.8. The third kappa shape index (κ3) is 8.92. The van der Waals surface area contributed by atoms with Gasteiger partial charge in [0.25, 0.3) is 0 Å². The molecule has 0 unspecified atom stereocenters. The van der Waals surface area contributed by atoms with Crippen molar-refractivity contribution < 1.29 is 24.2 Å². The standard InChI is InChI=1S/C32H39NO5.ClH/c1-6-31(35)37-27-15-13-26(14-16-27)32(36)38-30-17-12-24(21-34)20-29(30)28(25-10-8-7-9-11-25)18-19-33(22(2)3)23(4)5;/h7-17,20,22-23,28,34H,6,18-19,21H2,1-5H3;1H/t28-;/m1./s1. The van der Waals surface area contributed by atoms with E-state index < -0.39 is 5.97 Å². The predicted octanol–water partition coefficient (Wildman–Crippen LogP) is 6.78. The Labute approximate surface area is 238 Å². The van der Waals surface area contributed by atoms with Crippen LogP contribution in [0.4, 0.5) is 0 Å². The van der Waals surface area contributed by atoms with Crippen LogP contribution >= 0.6 is 12.4 Å². The summed E-state index contributed by atoms with van der Waals surface area (Å²) in [5, 5.41) is 9.88. The van der Waals surface area contributed by atoms with Gasteiger partial charge < -0.3 is 14.6 Å². The maximum atomic E-state index is 13.1. The first kappa shape index (κ1) is 32.0. The van der Waals surface area contributed by atoms with Crippen molar-refractivity contribution in [1.82, 2.24) is 4.90 Å². The lowest BCUT2D eigenvalue weighted by atomic mass is 9.86. The van der Waals surface area contributed by atoms with Gasteiger partial charge in [0, 0.05) is 30.0 Å². The molecule has 3 aromatic carbocycles. The molecule has 0 heterocycles. The molecule has 39 heavy (non-hydrogen) atoms. The summed E-state index contributed by atoms with van der Waals surface area (Å²) in [7, 11) is 0. The van der Waals surface area contributed by atoms with Crippen LogP contribution in [-0.2, 0) is 11.4 Å². The number of ether oxygens (including phenoxy) is 2. The van der Waals surface area contributed by atoms with E-state index in [9.17, 15) is 14.7 Å². The van der Waals surface area contributed by atoms with Gasteiger partial charge >= 0.3 is 11.9 Å². The highest BCUT2D eigenvalue weighted by molar-refractivity contribution is 5.91. The first-order valence-corrected chi connectivity index (χ1v) is 13.3. The maximum Gasteiger partial charge on any atom is 0.343 e. The van der Waals surface area contributed by atoms with Crippen LogP contribution in [0.15, 0.2) is 72.8 Å². The Kier molecular flexibility index (Phi) is 12.7. The monoisotopic (exact) mass is 553 g/mol. The number of halogens is 1. The zero-order chi connectivity index (χ0) is 27.7. The molecule has 3 rings (SSSR count). The van der Waals surface area contributed by atoms with Crippen molar-refractivity contribution in [2.75, 3.05) is 6.54 Å². The number of hydrogen-bond donors (Lipinski definition) is 1. The molecule has 0 aliphatic rings. The highest BCUT2D eigenvalue weighted by Gasteiger charge is 2.24. The topological polar surface area (TPSA) is 76.1 Å². The molecule has 3 aromatic rings. The van der Waals surface area contributed by atoms with Crippen molar-refractivity contribution >= 4 is 24.3 Å². The lowest BCUT2D eigenvalue weighted by Crippen LogP contribution is -2.38. The second-order valence-corrected chi connectivity index (χ2v) is 9.95. The summed E-state index contributed by atoms with van der Waals surface area (Å²) in [4.78, 5) is 27.1. The molecule has 0 aliphatic heterocycles. The molecular formula is C32H40ClNO5. The Morgan fingerprint density at radius 1 is 0.872 bits per heavy atom. The summed E-state index contributed by atoms with van der Waals surface area (Å²) in [5.41, 5.74) is 3.08. The fraction of sp³-hybridized carbons (Fsp3) is 0.375. The van der Waals surface area contributed by atoms with Gasteiger partial charge in [-0.25, -0.2) is 4.79 Å². The molecule has 1 atom stereocenters. The van der Waals surface area contributed by atoms with Crippen molar-refractivity contribution in [2.24, 2.45) is 0 Å². The molecule has 0 bridgehead atoms. The Bertz CT molecular complexity index is 1190. The molecule has 0 aromatic heterocycles. The molecule has 1 N–H and O–H groups in total. The summed E-state index contributed by atoms with van der Waals surface area (Å²) in [6.07, 6.45) is 1.09. The van der Waals surface area contributed by atoms with Crippen molar-refractivity contribution in [3.63, 3.8) is 0 Å². The SMILES string of the molecule is CCC(=O)Oc1ccc(C(=O)Oc2ccc(CO)cc2[C@H](CCN(C(C)C)C(C)C)c2ccccc2)cc1.Cl. The van der Waals surface area contributed by atoms with Crippen LogP contribution in [0.3, 0.4) is 0 Å². The van der Waals surface area contributed by atoms with E-state index in [-0.39, 0.29) is 37.3 Å². The lowest BCUT2D eigenvalue weighted by Gasteiger charge is -2.32. The van der Waals surface area contributed by atoms with Gasteiger partial charge in [0.2, 0.25) is 0 Å². The number of aliphatic hydroxyl groups excluding tert-OH is 1. The van der Waals surface area contributed by atoms with E-state index in [0.717, 1.165) is 29.7 Å². The Hall–Kier alpha value is -3.19. The van der Waals surface area contributed by atoms with E-state index in [2.05, 4.69) is 44.7 Å². The Morgan fingerprint density at radius 2 is 1.51 bits per heavy atom. The van der Waals surface area contributed by atoms with Gasteiger partial charge in [-0.15, -0.1) is 12.4 Å². The molecule has 0 saturated heterocycles. The maximum absolute atomic E-state index is 13.1. The fourth-order valence-corrected chi connectivity index (χ4v) is 4.66. The molecule has 0 aliphatic carbocycles. The first-order valence-electron chi connectivity index (χ1n) is 13.3. The average molecular weight is 554 g/mol. The van der Waals surface area contributed by atoms with Crippen LogP contribution in [0.25, 0.3) is 0 Å². The predicted molar refractivity (Wildman–Crippen MR) is 157 cm³/mol. The summed E-state index contributed by atoms with van der Waals surface area (Å²) in [6.45, 7) is 11.3. The minimum Gasteiger partial charge on any atom is -0.427 e. The molecule has 0 saturated carbocycles. The number of hydrogen-bond acceptors (Lipinski definition) is 6. The van der Waals surface area contributed by atoms with Gasteiger partial charge in [0.1, 0.15) is 11.5 Å². The van der Waals surface area contributed by atoms with Crippen LogP contribution in [-0.4, -0.2) is 40.6 Å². The molecule has 0 spiro atoms. The molecule has 7 heteroatoms. The van der Waals surface area contributed by atoms with Crippen molar-refractivity contribution in [1.29, 1.82) is 0 Å². The molecule has 210 valence electrons. The number of nitrogens with zero attached hydrogens (tertiary/aromatic N) is 1. The van der Waals surface area contributed by atoms with E-state index in [1.165, 1.54) is 0 Å². The fourth-order valence-electron chi connectivity index (χ4n) is 4.66. The van der Waals surface area contributed by atoms with Gasteiger partial charge in [-0.3, -0.25) is 9.69 Å². The number of rotatable bonds is 12. The zero-order valence-corrected chi connectivity index (χ0v) is 24.2. The second-order valence-electron chi connectivity index (χ2n) is 9.95. The van der Waals surface area contributed by atoms with Crippen molar-refractivity contribution in [3.05, 3.63) is 95.1 Å². The zero-order valence-electron chi connectivity index (χ0n) is 23.4. The highest BCUT2D eigenvalue weighted by atomic mass is 35.5. The minimum absolute atomic E-state index is 0. The minimum atomic E-state index is -0.505. The van der Waals surface area contributed by atoms with Gasteiger partial charge in [-0.05, 0) is 88.2 Å². The van der Waals surface area contributed by atoms with Gasteiger partial charge in [0.05, 0.1) is 12.2 Å². The third-order valence-corrected chi connectivity index (χ3v) is 6.65. The van der Waals surface area contributed by atoms with Crippen LogP contribution in [0, 0.1) is 0 Å². The average Bonchev–Trinajstić information content (AvgIpc) is 2.91. The summed E-state index contributed by atoms with van der Waals surface area (Å²) >= 11 is 0. The van der Waals surface area contributed by atoms with Crippen molar-refractivity contribution in [2.45, 2.75) is 72.1 Å². The number of carbonyl (C=O) groups is 2. The normalized spacial score (nSPS) is 11.8. The Balaban J connectivity index is 0.00000533. The second kappa shape index (κ2) is 15.4. The Morgan fingerprint density at radius 3 is 2.08 bits per heavy atom. The van der Waals surface area contributed by atoms with E-state index in [1.54, 1.807) is 43.3 Å². The summed E-state index contributed by atoms with van der Waals surface area (Å²) < 4.78 is 11.1. The smallest absolute Gasteiger partial charge is 0.343 e. The molecule has 0 amide bonds. The summed E-state index contributed by atoms with van der Waals surface area (Å²) in [5.74, 6) is -0.0431. The van der Waals surface area contributed by atoms with Gasteiger partial charge in [0.15, 0.2) is 0 Å². The molecule has 0 fully saturated rings. The first-order chi connectivity index (χ1) is 18.2. The van der Waals surface area contributed by atoms with Crippen LogP contribution in [0.5, 0.6) is 11.5 Å². The third-order valence-electron chi connectivity index (χ3n) is 6.65. The lowest BCUT2D eigenvalue weighted by molar-refractivity contribution is -0.134. The highest BCUT2D eigenvalue weighted by Crippen LogP contribution is 2.36. The molecule has 6 nitrogen and oxygen atoms in total. The van der Waals surface area contributed by atoms with Crippen LogP contribution in [0.2, 0.25) is 0 Å². The van der Waals surface area contributed by atoms with Crippen molar-refractivity contribution in [3.8, 4) is 11.5 Å². The number of aliphatic hydroxyl groups is 1. The quantitative estimate of drug-likeness (QED) is 0.197. The largest absolute Gasteiger partial charge is 0.427 e. The van der Waals surface area contributed by atoms with Crippen LogP contribution < -0.4 is 9.47 Å². The number of carbonyl (C=O) groups excluding carboxylic acids is 2. The number of esters is 2.